The van der Waals surface area contributed by atoms with Crippen LogP contribution in [0.2, 0.25) is 0 Å². The summed E-state index contributed by atoms with van der Waals surface area (Å²) >= 11 is 0. The Bertz CT molecular complexity index is 449. The van der Waals surface area contributed by atoms with Crippen LogP contribution in [0.3, 0.4) is 0 Å². The Kier molecular flexibility index (Phi) is 8.69. The molecule has 2 aliphatic heterocycles. The average Bonchev–Trinajstić information content (AvgIpc) is 2.62. The number of quaternary nitrogens is 1. The molecular weight excluding hydrogens is 328 g/mol. The van der Waals surface area contributed by atoms with Crippen molar-refractivity contribution in [2.45, 2.75) is 65.3 Å². The number of likely N-dealkylation sites (tertiary alicyclic amines) is 2. The van der Waals surface area contributed by atoms with Crippen LogP contribution in [-0.4, -0.2) is 62.1 Å². The number of carbonyl (C=O) groups is 2. The monoisotopic (exact) mass is 367 g/mol. The van der Waals surface area contributed by atoms with Crippen LogP contribution >= 0.6 is 0 Å². The van der Waals surface area contributed by atoms with Crippen molar-refractivity contribution >= 4 is 11.9 Å². The van der Waals surface area contributed by atoms with Crippen LogP contribution in [0.15, 0.2) is 0 Å². The molecule has 0 radical (unpaired) electrons. The summed E-state index contributed by atoms with van der Waals surface area (Å²) in [7, 11) is 0. The maximum Gasteiger partial charge on any atom is 0.317 e. The number of hydrogen-bond acceptors (Lipinski definition) is 2. The van der Waals surface area contributed by atoms with Gasteiger partial charge in [0.15, 0.2) is 0 Å². The minimum atomic E-state index is 0.0332. The summed E-state index contributed by atoms with van der Waals surface area (Å²) in [6.07, 6.45) is 6.56. The van der Waals surface area contributed by atoms with Crippen molar-refractivity contribution in [1.82, 2.24) is 15.5 Å². The zero-order chi connectivity index (χ0) is 18.9. The topological polar surface area (TPSA) is 65.9 Å². The summed E-state index contributed by atoms with van der Waals surface area (Å²) < 4.78 is 0. The van der Waals surface area contributed by atoms with Crippen molar-refractivity contribution in [1.29, 1.82) is 0 Å². The van der Waals surface area contributed by atoms with E-state index >= 15 is 0 Å². The van der Waals surface area contributed by atoms with Gasteiger partial charge in [0.05, 0.1) is 26.2 Å². The van der Waals surface area contributed by atoms with E-state index < -0.39 is 0 Å². The molecule has 0 unspecified atom stereocenters. The fourth-order valence-electron chi connectivity index (χ4n) is 4.33. The van der Waals surface area contributed by atoms with Gasteiger partial charge in [-0.1, -0.05) is 13.3 Å². The van der Waals surface area contributed by atoms with Gasteiger partial charge in [0.2, 0.25) is 5.91 Å². The van der Waals surface area contributed by atoms with E-state index in [4.69, 9.17) is 0 Å². The van der Waals surface area contributed by atoms with Crippen LogP contribution in [0, 0.1) is 11.8 Å². The summed E-state index contributed by atoms with van der Waals surface area (Å²) in [6, 6.07) is 0.193. The van der Waals surface area contributed by atoms with E-state index in [1.165, 1.54) is 32.4 Å². The summed E-state index contributed by atoms with van der Waals surface area (Å²) in [5.41, 5.74) is 0. The van der Waals surface area contributed by atoms with Gasteiger partial charge in [0.1, 0.15) is 0 Å². The lowest BCUT2D eigenvalue weighted by Gasteiger charge is -2.38. The third kappa shape index (κ3) is 6.78. The van der Waals surface area contributed by atoms with Gasteiger partial charge in [0.25, 0.3) is 0 Å². The second kappa shape index (κ2) is 10.8. The maximum atomic E-state index is 12.4. The zero-order valence-electron chi connectivity index (χ0n) is 17.0. The standard InChI is InChI=1S/C20H38N4O2/c1-4-17-15-24(20(26)22-16(2)3)12-8-18(17)14-19(25)21-9-13-23-10-6-5-7-11-23/h16-18H,4-15H2,1-3H3,(H,21,25)(H,22,26)/p+1/t17-,18-/m0/s1. The van der Waals surface area contributed by atoms with Crippen molar-refractivity contribution in [2.75, 3.05) is 39.3 Å². The van der Waals surface area contributed by atoms with Gasteiger partial charge in [-0.25, -0.2) is 4.79 Å². The largest absolute Gasteiger partial charge is 0.350 e. The Morgan fingerprint density at radius 3 is 2.54 bits per heavy atom. The van der Waals surface area contributed by atoms with Gasteiger partial charge in [-0.2, -0.15) is 0 Å². The normalized spacial score (nSPS) is 24.5. The minimum Gasteiger partial charge on any atom is -0.350 e. The van der Waals surface area contributed by atoms with Crippen molar-refractivity contribution < 1.29 is 14.5 Å². The highest BCUT2D eigenvalue weighted by Crippen LogP contribution is 2.29. The van der Waals surface area contributed by atoms with Gasteiger partial charge < -0.3 is 20.4 Å². The average molecular weight is 368 g/mol. The Hall–Kier alpha value is -1.30. The number of nitrogens with zero attached hydrogens (tertiary/aromatic N) is 1. The molecule has 2 atom stereocenters. The molecule has 2 saturated heterocycles. The Morgan fingerprint density at radius 2 is 1.88 bits per heavy atom. The highest BCUT2D eigenvalue weighted by Gasteiger charge is 2.31. The third-order valence-electron chi connectivity index (χ3n) is 5.92. The number of piperidine rings is 2. The number of urea groups is 1. The molecule has 150 valence electrons. The summed E-state index contributed by atoms with van der Waals surface area (Å²) in [5, 5.41) is 6.11. The summed E-state index contributed by atoms with van der Waals surface area (Å²) in [6.45, 7) is 12.0. The molecule has 0 saturated carbocycles. The van der Waals surface area contributed by atoms with Crippen molar-refractivity contribution in [3.63, 3.8) is 0 Å². The first kappa shape index (κ1) is 21.0. The lowest BCUT2D eigenvalue weighted by Crippen LogP contribution is -3.13. The molecule has 2 aliphatic rings. The molecule has 2 fully saturated rings. The van der Waals surface area contributed by atoms with Crippen molar-refractivity contribution in [3.05, 3.63) is 0 Å². The van der Waals surface area contributed by atoms with Gasteiger partial charge >= 0.3 is 6.03 Å². The van der Waals surface area contributed by atoms with E-state index in [-0.39, 0.29) is 18.0 Å². The molecule has 6 nitrogen and oxygen atoms in total. The number of rotatable bonds is 7. The highest BCUT2D eigenvalue weighted by atomic mass is 16.2. The smallest absolute Gasteiger partial charge is 0.317 e. The molecule has 0 spiro atoms. The first-order valence-electron chi connectivity index (χ1n) is 10.6. The number of nitrogens with one attached hydrogen (secondary N) is 3. The van der Waals surface area contributed by atoms with Crippen molar-refractivity contribution in [3.8, 4) is 0 Å². The molecule has 3 N–H and O–H groups in total. The van der Waals surface area contributed by atoms with E-state index in [1.54, 1.807) is 4.90 Å². The molecule has 2 rings (SSSR count). The highest BCUT2D eigenvalue weighted by molar-refractivity contribution is 5.76. The van der Waals surface area contributed by atoms with Gasteiger partial charge in [-0.3, -0.25) is 4.79 Å². The Labute approximate surface area is 159 Å². The van der Waals surface area contributed by atoms with Crippen LogP contribution < -0.4 is 15.5 Å². The zero-order valence-corrected chi connectivity index (χ0v) is 17.0. The molecule has 0 aliphatic carbocycles. The van der Waals surface area contributed by atoms with Crippen LogP contribution in [0.25, 0.3) is 0 Å². The second-order valence-corrected chi connectivity index (χ2v) is 8.38. The van der Waals surface area contributed by atoms with Crippen LogP contribution in [0.1, 0.15) is 59.3 Å². The van der Waals surface area contributed by atoms with Crippen molar-refractivity contribution in [2.24, 2.45) is 11.8 Å². The molecule has 0 aromatic rings. The lowest BCUT2D eigenvalue weighted by atomic mass is 9.81. The van der Waals surface area contributed by atoms with E-state index in [0.717, 1.165) is 39.0 Å². The fourth-order valence-corrected chi connectivity index (χ4v) is 4.33. The van der Waals surface area contributed by atoms with E-state index in [9.17, 15) is 9.59 Å². The van der Waals surface area contributed by atoms with Crippen LogP contribution in [0.4, 0.5) is 4.79 Å². The second-order valence-electron chi connectivity index (χ2n) is 8.38. The SMILES string of the molecule is CC[C@H]1CN(C(=O)NC(C)C)CC[C@H]1CC(=O)NCC[NH+]1CCCCC1. The molecule has 3 amide bonds. The lowest BCUT2D eigenvalue weighted by molar-refractivity contribution is -0.903. The first-order chi connectivity index (χ1) is 12.5. The molecule has 6 heteroatoms. The predicted molar refractivity (Wildman–Crippen MR) is 104 cm³/mol. The molecule has 2 heterocycles. The van der Waals surface area contributed by atoms with Gasteiger partial charge in [0, 0.05) is 25.6 Å². The van der Waals surface area contributed by atoms with Gasteiger partial charge in [-0.15, -0.1) is 0 Å². The third-order valence-corrected chi connectivity index (χ3v) is 5.92. The quantitative estimate of drug-likeness (QED) is 0.629. The minimum absolute atomic E-state index is 0.0332. The Morgan fingerprint density at radius 1 is 1.15 bits per heavy atom. The van der Waals surface area contributed by atoms with Crippen LogP contribution in [-0.2, 0) is 4.79 Å². The number of amides is 3. The number of carbonyl (C=O) groups excluding carboxylic acids is 2. The maximum absolute atomic E-state index is 12.4. The van der Waals surface area contributed by atoms with Crippen LogP contribution in [0.5, 0.6) is 0 Å². The van der Waals surface area contributed by atoms with E-state index in [2.05, 4.69) is 17.6 Å². The van der Waals surface area contributed by atoms with Gasteiger partial charge in [-0.05, 0) is 51.4 Å². The molecule has 0 bridgehead atoms. The first-order valence-corrected chi connectivity index (χ1v) is 10.6. The molecular formula is C20H39N4O2+. The molecule has 26 heavy (non-hydrogen) atoms. The van der Waals surface area contributed by atoms with E-state index in [0.29, 0.717) is 18.3 Å². The molecule has 0 aromatic carbocycles. The summed E-state index contributed by atoms with van der Waals surface area (Å²) in [4.78, 5) is 28.1. The number of hydrogen-bond donors (Lipinski definition) is 3. The fraction of sp³-hybridized carbons (Fsp3) is 0.900. The summed E-state index contributed by atoms with van der Waals surface area (Å²) in [5.74, 6) is 0.996. The molecule has 0 aromatic heterocycles. The van der Waals surface area contributed by atoms with E-state index in [1.807, 2.05) is 18.7 Å². The Balaban J connectivity index is 1.70. The predicted octanol–water partition coefficient (Wildman–Crippen LogP) is 1.03.